The number of anilines is 1. The van der Waals surface area contributed by atoms with Gasteiger partial charge in [-0.1, -0.05) is 48.0 Å². The van der Waals surface area contributed by atoms with E-state index in [1.165, 1.54) is 0 Å². The van der Waals surface area contributed by atoms with E-state index in [1.807, 2.05) is 67.6 Å². The van der Waals surface area contributed by atoms with Crippen LogP contribution in [0.2, 0.25) is 5.02 Å². The maximum absolute atomic E-state index is 12.9. The van der Waals surface area contributed by atoms with Crippen LogP contribution in [0.15, 0.2) is 72.8 Å². The van der Waals surface area contributed by atoms with Crippen LogP contribution in [0.25, 0.3) is 17.1 Å². The molecule has 0 saturated heterocycles. The number of amides is 1. The van der Waals surface area contributed by atoms with Crippen molar-refractivity contribution in [3.05, 3.63) is 89.2 Å². The lowest BCUT2D eigenvalue weighted by Crippen LogP contribution is -2.15. The van der Waals surface area contributed by atoms with Gasteiger partial charge in [0.1, 0.15) is 5.75 Å². The number of hydrogen-bond acceptors (Lipinski definition) is 4. The first-order chi connectivity index (χ1) is 14.5. The average molecular weight is 419 g/mol. The topological polar surface area (TPSA) is 69.0 Å². The number of halogens is 1. The molecule has 1 heterocycles. The van der Waals surface area contributed by atoms with E-state index >= 15 is 0 Å². The van der Waals surface area contributed by atoms with Gasteiger partial charge in [-0.25, -0.2) is 9.67 Å². The first kappa shape index (κ1) is 19.7. The molecule has 0 radical (unpaired) electrons. The van der Waals surface area contributed by atoms with Crippen molar-refractivity contribution < 1.29 is 9.53 Å². The SMILES string of the molecule is COc1ccc(-n2nc(C(=O)Nc3cc(Cl)ccc3C)nc2-c2ccccc2)cc1. The summed E-state index contributed by atoms with van der Waals surface area (Å²) in [5, 5.41) is 7.87. The zero-order valence-corrected chi connectivity index (χ0v) is 17.2. The average Bonchev–Trinajstić information content (AvgIpc) is 3.22. The molecule has 4 rings (SSSR count). The fourth-order valence-corrected chi connectivity index (χ4v) is 3.17. The fourth-order valence-electron chi connectivity index (χ4n) is 2.99. The molecule has 0 aliphatic heterocycles. The number of nitrogens with one attached hydrogen (secondary N) is 1. The summed E-state index contributed by atoms with van der Waals surface area (Å²) < 4.78 is 6.88. The van der Waals surface area contributed by atoms with Crippen molar-refractivity contribution in [1.82, 2.24) is 14.8 Å². The Morgan fingerprint density at radius 2 is 1.77 bits per heavy atom. The Morgan fingerprint density at radius 1 is 1.03 bits per heavy atom. The van der Waals surface area contributed by atoms with Crippen molar-refractivity contribution in [1.29, 1.82) is 0 Å². The van der Waals surface area contributed by atoms with Crippen molar-refractivity contribution in [2.24, 2.45) is 0 Å². The number of rotatable bonds is 5. The zero-order chi connectivity index (χ0) is 21.1. The summed E-state index contributed by atoms with van der Waals surface area (Å²) in [6.07, 6.45) is 0. The van der Waals surface area contributed by atoms with Crippen molar-refractivity contribution in [2.45, 2.75) is 6.92 Å². The molecular formula is C23H19ClN4O2. The van der Waals surface area contributed by atoms with E-state index < -0.39 is 5.91 Å². The molecule has 1 aromatic heterocycles. The van der Waals surface area contributed by atoms with Crippen molar-refractivity contribution >= 4 is 23.2 Å². The monoisotopic (exact) mass is 418 g/mol. The molecule has 150 valence electrons. The molecule has 3 aromatic carbocycles. The first-order valence-electron chi connectivity index (χ1n) is 9.29. The summed E-state index contributed by atoms with van der Waals surface area (Å²) in [4.78, 5) is 17.4. The lowest BCUT2D eigenvalue weighted by atomic mass is 10.2. The number of methoxy groups -OCH3 is 1. The molecule has 1 N–H and O–H groups in total. The molecule has 0 aliphatic rings. The van der Waals surface area contributed by atoms with E-state index in [-0.39, 0.29) is 5.82 Å². The smallest absolute Gasteiger partial charge is 0.295 e. The second-order valence-electron chi connectivity index (χ2n) is 6.65. The van der Waals surface area contributed by atoms with Gasteiger partial charge < -0.3 is 10.1 Å². The molecule has 7 heteroatoms. The Kier molecular flexibility index (Phi) is 5.50. The highest BCUT2D eigenvalue weighted by Gasteiger charge is 2.19. The Morgan fingerprint density at radius 3 is 2.47 bits per heavy atom. The fraction of sp³-hybridized carbons (Fsp3) is 0.0870. The summed E-state index contributed by atoms with van der Waals surface area (Å²) in [7, 11) is 1.61. The molecule has 0 unspecified atom stereocenters. The highest BCUT2D eigenvalue weighted by atomic mass is 35.5. The zero-order valence-electron chi connectivity index (χ0n) is 16.5. The van der Waals surface area contributed by atoms with Gasteiger partial charge >= 0.3 is 0 Å². The van der Waals surface area contributed by atoms with Crippen LogP contribution in [-0.2, 0) is 0 Å². The van der Waals surface area contributed by atoms with Crippen LogP contribution in [0, 0.1) is 6.92 Å². The Hall–Kier alpha value is -3.64. The van der Waals surface area contributed by atoms with E-state index in [0.717, 1.165) is 22.6 Å². The van der Waals surface area contributed by atoms with Gasteiger partial charge in [0.25, 0.3) is 5.91 Å². The number of hydrogen-bond donors (Lipinski definition) is 1. The number of benzene rings is 3. The number of nitrogens with zero attached hydrogens (tertiary/aromatic N) is 3. The molecule has 30 heavy (non-hydrogen) atoms. The first-order valence-corrected chi connectivity index (χ1v) is 9.67. The molecule has 1 amide bonds. The van der Waals surface area contributed by atoms with Gasteiger partial charge in [-0.15, -0.1) is 5.10 Å². The van der Waals surface area contributed by atoms with Crippen LogP contribution in [0.5, 0.6) is 5.75 Å². The largest absolute Gasteiger partial charge is 0.497 e. The third kappa shape index (κ3) is 4.04. The normalized spacial score (nSPS) is 10.6. The number of ether oxygens (including phenoxy) is 1. The standard InChI is InChI=1S/C23H19ClN4O2/c1-15-8-9-17(24)14-20(15)25-23(29)21-26-22(16-6-4-3-5-7-16)28(27-21)18-10-12-19(30-2)13-11-18/h3-14H,1-2H3,(H,25,29). The highest BCUT2D eigenvalue weighted by Crippen LogP contribution is 2.24. The Balaban J connectivity index is 1.74. The second kappa shape index (κ2) is 8.39. The second-order valence-corrected chi connectivity index (χ2v) is 7.08. The number of aryl methyl sites for hydroxylation is 1. The van der Waals surface area contributed by atoms with E-state index in [0.29, 0.717) is 16.5 Å². The summed E-state index contributed by atoms with van der Waals surface area (Å²) in [5.74, 6) is 0.942. The molecule has 4 aromatic rings. The predicted octanol–water partition coefficient (Wildman–Crippen LogP) is 5.16. The van der Waals surface area contributed by atoms with E-state index in [4.69, 9.17) is 16.3 Å². The van der Waals surface area contributed by atoms with Crippen LogP contribution in [0.4, 0.5) is 5.69 Å². The lowest BCUT2D eigenvalue weighted by molar-refractivity contribution is 0.101. The van der Waals surface area contributed by atoms with E-state index in [1.54, 1.807) is 23.9 Å². The van der Waals surface area contributed by atoms with Crippen molar-refractivity contribution in [3.63, 3.8) is 0 Å². The van der Waals surface area contributed by atoms with Gasteiger partial charge in [-0.2, -0.15) is 0 Å². The maximum Gasteiger partial charge on any atom is 0.295 e. The summed E-state index contributed by atoms with van der Waals surface area (Å²) in [5.41, 5.74) is 3.12. The molecule has 0 aliphatic carbocycles. The van der Waals surface area contributed by atoms with Gasteiger partial charge in [-0.3, -0.25) is 4.79 Å². The Bertz CT molecular complexity index is 1190. The van der Waals surface area contributed by atoms with E-state index in [2.05, 4.69) is 15.4 Å². The Labute approximate surface area is 179 Å². The minimum atomic E-state index is -0.412. The van der Waals surface area contributed by atoms with Gasteiger partial charge in [0.2, 0.25) is 5.82 Å². The maximum atomic E-state index is 12.9. The van der Waals surface area contributed by atoms with E-state index in [9.17, 15) is 4.79 Å². The molecule has 0 saturated carbocycles. The molecule has 0 atom stereocenters. The molecular weight excluding hydrogens is 400 g/mol. The van der Waals surface area contributed by atoms with Crippen LogP contribution in [-0.4, -0.2) is 27.8 Å². The third-order valence-electron chi connectivity index (χ3n) is 4.61. The van der Waals surface area contributed by atoms with Crippen LogP contribution >= 0.6 is 11.6 Å². The quantitative estimate of drug-likeness (QED) is 0.486. The summed E-state index contributed by atoms with van der Waals surface area (Å²) in [6.45, 7) is 1.89. The van der Waals surface area contributed by atoms with Crippen molar-refractivity contribution in [2.75, 3.05) is 12.4 Å². The van der Waals surface area contributed by atoms with Gasteiger partial charge in [0.05, 0.1) is 12.8 Å². The highest BCUT2D eigenvalue weighted by molar-refractivity contribution is 6.31. The minimum absolute atomic E-state index is 0.0593. The summed E-state index contributed by atoms with van der Waals surface area (Å²) >= 11 is 6.06. The summed E-state index contributed by atoms with van der Waals surface area (Å²) in [6, 6.07) is 22.3. The molecule has 0 bridgehead atoms. The van der Waals surface area contributed by atoms with Crippen molar-refractivity contribution in [3.8, 4) is 22.8 Å². The number of carbonyl (C=O) groups excluding carboxylic acids is 1. The van der Waals surface area contributed by atoms with Gasteiger partial charge in [-0.05, 0) is 48.9 Å². The molecule has 6 nitrogen and oxygen atoms in total. The third-order valence-corrected chi connectivity index (χ3v) is 4.84. The predicted molar refractivity (Wildman–Crippen MR) is 117 cm³/mol. The number of carbonyl (C=O) groups is 1. The lowest BCUT2D eigenvalue weighted by Gasteiger charge is -2.07. The van der Waals surface area contributed by atoms with Crippen LogP contribution in [0.1, 0.15) is 16.2 Å². The van der Waals surface area contributed by atoms with Gasteiger partial charge in [0.15, 0.2) is 5.82 Å². The molecule has 0 spiro atoms. The minimum Gasteiger partial charge on any atom is -0.497 e. The van der Waals surface area contributed by atoms with Crippen LogP contribution in [0.3, 0.4) is 0 Å². The van der Waals surface area contributed by atoms with Crippen LogP contribution < -0.4 is 10.1 Å². The number of aromatic nitrogens is 3. The molecule has 0 fully saturated rings. The van der Waals surface area contributed by atoms with Gasteiger partial charge in [0, 0.05) is 16.3 Å².